The number of nitrogens with one attached hydrogen (secondary N) is 1. The van der Waals surface area contributed by atoms with Crippen molar-refractivity contribution in [3.8, 4) is 11.5 Å². The minimum atomic E-state index is -4.49. The van der Waals surface area contributed by atoms with E-state index in [1.807, 2.05) is 0 Å². The Morgan fingerprint density at radius 3 is 2.41 bits per heavy atom. The van der Waals surface area contributed by atoms with E-state index in [0.29, 0.717) is 0 Å². The van der Waals surface area contributed by atoms with Crippen LogP contribution in [0.4, 0.5) is 17.6 Å². The predicted molar refractivity (Wildman–Crippen MR) is 87.9 cm³/mol. The van der Waals surface area contributed by atoms with Gasteiger partial charge in [-0.3, -0.25) is 4.79 Å². The molecule has 9 heteroatoms. The average molecular weight is 387 g/mol. The second-order valence-corrected chi connectivity index (χ2v) is 5.54. The van der Waals surface area contributed by atoms with Gasteiger partial charge in [0, 0.05) is 12.6 Å². The molecule has 0 saturated carbocycles. The molecule has 2 N–H and O–H groups in total. The van der Waals surface area contributed by atoms with Crippen molar-refractivity contribution in [2.75, 3.05) is 19.8 Å². The second-order valence-electron chi connectivity index (χ2n) is 5.54. The number of halogens is 4. The zero-order valence-corrected chi connectivity index (χ0v) is 14.0. The first kappa shape index (κ1) is 20.5. The lowest BCUT2D eigenvalue weighted by atomic mass is 10.2. The van der Waals surface area contributed by atoms with Crippen molar-refractivity contribution in [3.05, 3.63) is 59.9 Å². The van der Waals surface area contributed by atoms with Gasteiger partial charge in [-0.1, -0.05) is 12.1 Å². The Morgan fingerprint density at radius 2 is 1.74 bits per heavy atom. The summed E-state index contributed by atoms with van der Waals surface area (Å²) in [5.74, 6) is -0.935. The van der Waals surface area contributed by atoms with E-state index in [-0.39, 0.29) is 31.3 Å². The summed E-state index contributed by atoms with van der Waals surface area (Å²) in [6.07, 6.45) is -5.63. The highest BCUT2D eigenvalue weighted by Crippen LogP contribution is 2.31. The maximum Gasteiger partial charge on any atom is 0.416 e. The van der Waals surface area contributed by atoms with Crippen LogP contribution in [0.1, 0.15) is 5.56 Å². The van der Waals surface area contributed by atoms with Gasteiger partial charge in [-0.15, -0.1) is 0 Å². The number of aliphatic hydroxyl groups excluding tert-OH is 1. The number of rotatable bonds is 8. The fourth-order valence-corrected chi connectivity index (χ4v) is 2.00. The first-order chi connectivity index (χ1) is 12.7. The third kappa shape index (κ3) is 7.14. The van der Waals surface area contributed by atoms with E-state index in [1.165, 1.54) is 30.3 Å². The van der Waals surface area contributed by atoms with E-state index in [1.54, 1.807) is 0 Å². The average Bonchev–Trinajstić information content (AvgIpc) is 2.62. The molecule has 1 amide bonds. The van der Waals surface area contributed by atoms with Crippen molar-refractivity contribution in [1.82, 2.24) is 5.32 Å². The van der Waals surface area contributed by atoms with Crippen LogP contribution in [-0.4, -0.2) is 36.9 Å². The summed E-state index contributed by atoms with van der Waals surface area (Å²) in [6.45, 7) is -0.888. The molecule has 5 nitrogen and oxygen atoms in total. The smallest absolute Gasteiger partial charge is 0.416 e. The molecule has 0 saturated heterocycles. The normalized spacial score (nSPS) is 12.3. The van der Waals surface area contributed by atoms with E-state index in [2.05, 4.69) is 5.32 Å². The van der Waals surface area contributed by atoms with E-state index in [0.717, 1.165) is 18.2 Å². The van der Waals surface area contributed by atoms with Gasteiger partial charge in [0.25, 0.3) is 5.91 Å². The van der Waals surface area contributed by atoms with Gasteiger partial charge >= 0.3 is 6.18 Å². The Balaban J connectivity index is 1.71. The highest BCUT2D eigenvalue weighted by Gasteiger charge is 2.30. The first-order valence-electron chi connectivity index (χ1n) is 7.87. The highest BCUT2D eigenvalue weighted by atomic mass is 19.4. The molecule has 2 rings (SSSR count). The summed E-state index contributed by atoms with van der Waals surface area (Å²) in [7, 11) is 0. The quantitative estimate of drug-likeness (QED) is 0.684. The van der Waals surface area contributed by atoms with Gasteiger partial charge < -0.3 is 19.9 Å². The molecule has 0 spiro atoms. The minimum absolute atomic E-state index is 0.0513. The Morgan fingerprint density at radius 1 is 1.07 bits per heavy atom. The standard InChI is InChI=1S/C18H17F4NO4/c19-13-4-2-6-16(8-13)27-11-17(25)23-9-14(24)10-26-15-5-1-3-12(7-15)18(20,21)22/h1-8,14,24H,9-11H2,(H,23,25). The molecule has 0 fully saturated rings. The SMILES string of the molecule is O=C(COc1cccc(F)c1)NCC(O)COc1cccc(C(F)(F)F)c1. The largest absolute Gasteiger partial charge is 0.491 e. The maximum atomic E-state index is 13.0. The van der Waals surface area contributed by atoms with E-state index >= 15 is 0 Å². The fourth-order valence-electron chi connectivity index (χ4n) is 2.00. The molecule has 0 aliphatic heterocycles. The molecule has 0 heterocycles. The van der Waals surface area contributed by atoms with Gasteiger partial charge in [0.05, 0.1) is 5.56 Å². The number of carbonyl (C=O) groups excluding carboxylic acids is 1. The summed E-state index contributed by atoms with van der Waals surface area (Å²) < 4.78 is 61.0. The molecular weight excluding hydrogens is 370 g/mol. The zero-order chi connectivity index (χ0) is 19.9. The minimum Gasteiger partial charge on any atom is -0.491 e. The number of amides is 1. The van der Waals surface area contributed by atoms with Crippen LogP contribution in [0.25, 0.3) is 0 Å². The Bertz CT molecular complexity index is 767. The van der Waals surface area contributed by atoms with Crippen LogP contribution in [0, 0.1) is 5.82 Å². The molecule has 2 aromatic rings. The molecular formula is C18H17F4NO4. The van der Waals surface area contributed by atoms with Gasteiger partial charge in [-0.25, -0.2) is 4.39 Å². The lowest BCUT2D eigenvalue weighted by molar-refractivity contribution is -0.137. The zero-order valence-electron chi connectivity index (χ0n) is 14.0. The van der Waals surface area contributed by atoms with Crippen LogP contribution in [0.15, 0.2) is 48.5 Å². The fraction of sp³-hybridized carbons (Fsp3) is 0.278. The summed E-state index contributed by atoms with van der Waals surface area (Å²) in [5, 5.41) is 12.1. The maximum absolute atomic E-state index is 13.0. The van der Waals surface area contributed by atoms with E-state index in [4.69, 9.17) is 9.47 Å². The summed E-state index contributed by atoms with van der Waals surface area (Å²) >= 11 is 0. The Hall–Kier alpha value is -2.81. The summed E-state index contributed by atoms with van der Waals surface area (Å²) in [4.78, 5) is 11.6. The number of benzene rings is 2. The number of alkyl halides is 3. The highest BCUT2D eigenvalue weighted by molar-refractivity contribution is 5.77. The molecule has 1 atom stereocenters. The van der Waals surface area contributed by atoms with Crippen LogP contribution in [0.5, 0.6) is 11.5 Å². The van der Waals surface area contributed by atoms with Crippen molar-refractivity contribution in [2.45, 2.75) is 12.3 Å². The van der Waals surface area contributed by atoms with Gasteiger partial charge in [0.1, 0.15) is 30.0 Å². The molecule has 0 bridgehead atoms. The monoisotopic (exact) mass is 387 g/mol. The molecule has 0 aliphatic carbocycles. The van der Waals surface area contributed by atoms with Crippen LogP contribution in [0.3, 0.4) is 0 Å². The Kier molecular flexibility index (Phi) is 7.00. The lowest BCUT2D eigenvalue weighted by Crippen LogP contribution is -2.37. The van der Waals surface area contributed by atoms with Gasteiger partial charge in [0.2, 0.25) is 0 Å². The van der Waals surface area contributed by atoms with Crippen molar-refractivity contribution in [1.29, 1.82) is 0 Å². The van der Waals surface area contributed by atoms with Crippen LogP contribution >= 0.6 is 0 Å². The lowest BCUT2D eigenvalue weighted by Gasteiger charge is -2.14. The van der Waals surface area contributed by atoms with E-state index < -0.39 is 29.6 Å². The molecule has 27 heavy (non-hydrogen) atoms. The number of ether oxygens (including phenoxy) is 2. The summed E-state index contributed by atoms with van der Waals surface area (Å²) in [5.41, 5.74) is -0.864. The molecule has 146 valence electrons. The molecule has 0 aliphatic rings. The third-order valence-corrected chi connectivity index (χ3v) is 3.30. The molecule has 2 aromatic carbocycles. The molecule has 1 unspecified atom stereocenters. The van der Waals surface area contributed by atoms with Crippen LogP contribution in [-0.2, 0) is 11.0 Å². The van der Waals surface area contributed by atoms with E-state index in [9.17, 15) is 27.5 Å². The van der Waals surface area contributed by atoms with Crippen LogP contribution in [0.2, 0.25) is 0 Å². The van der Waals surface area contributed by atoms with Crippen molar-refractivity contribution < 1.29 is 36.9 Å². The molecule has 0 radical (unpaired) electrons. The predicted octanol–water partition coefficient (Wildman–Crippen LogP) is 2.78. The topological polar surface area (TPSA) is 67.8 Å². The van der Waals surface area contributed by atoms with Crippen molar-refractivity contribution in [2.24, 2.45) is 0 Å². The number of carbonyl (C=O) groups is 1. The second kappa shape index (κ2) is 9.22. The van der Waals surface area contributed by atoms with Gasteiger partial charge in [-0.2, -0.15) is 13.2 Å². The van der Waals surface area contributed by atoms with Crippen LogP contribution < -0.4 is 14.8 Å². The van der Waals surface area contributed by atoms with Crippen molar-refractivity contribution in [3.63, 3.8) is 0 Å². The number of hydrogen-bond acceptors (Lipinski definition) is 4. The Labute approximate surface area is 152 Å². The first-order valence-corrected chi connectivity index (χ1v) is 7.87. The molecule has 0 aromatic heterocycles. The number of hydrogen-bond donors (Lipinski definition) is 2. The third-order valence-electron chi connectivity index (χ3n) is 3.30. The van der Waals surface area contributed by atoms with Crippen molar-refractivity contribution >= 4 is 5.91 Å². The number of aliphatic hydroxyl groups is 1. The van der Waals surface area contributed by atoms with Gasteiger partial charge in [0.15, 0.2) is 6.61 Å². The van der Waals surface area contributed by atoms with Gasteiger partial charge in [-0.05, 0) is 30.3 Å². The summed E-state index contributed by atoms with van der Waals surface area (Å²) in [6, 6.07) is 9.49.